The van der Waals surface area contributed by atoms with Gasteiger partial charge in [0.2, 0.25) is 17.7 Å². The number of nitrogens with zero attached hydrogens (tertiary/aromatic N) is 2. The molecule has 0 unspecified atom stereocenters. The molecule has 0 atom stereocenters. The van der Waals surface area contributed by atoms with Crippen molar-refractivity contribution in [1.29, 1.82) is 0 Å². The van der Waals surface area contributed by atoms with E-state index in [1.807, 2.05) is 18.2 Å². The molecular weight excluding hydrogens is 346 g/mol. The van der Waals surface area contributed by atoms with Crippen LogP contribution in [-0.2, 0) is 17.8 Å². The van der Waals surface area contributed by atoms with Crippen molar-refractivity contribution in [3.05, 3.63) is 59.7 Å². The molecule has 0 bridgehead atoms. The minimum absolute atomic E-state index is 0.0934. The van der Waals surface area contributed by atoms with Crippen LogP contribution in [0.3, 0.4) is 0 Å². The molecule has 0 radical (unpaired) electrons. The Hall–Kier alpha value is -3.35. The van der Waals surface area contributed by atoms with Gasteiger partial charge < -0.3 is 19.7 Å². The average molecular weight is 367 g/mol. The van der Waals surface area contributed by atoms with Crippen LogP contribution in [0.5, 0.6) is 11.8 Å². The van der Waals surface area contributed by atoms with Gasteiger partial charge in [-0.15, -0.1) is 0 Å². The maximum atomic E-state index is 12.6. The number of amides is 2. The first kappa shape index (κ1) is 18.4. The summed E-state index contributed by atoms with van der Waals surface area (Å²) in [7, 11) is 2.94. The zero-order chi connectivity index (χ0) is 19.4. The first-order chi connectivity index (χ1) is 13.0. The van der Waals surface area contributed by atoms with Crippen LogP contribution in [0.15, 0.2) is 43.0 Å². The van der Waals surface area contributed by atoms with Gasteiger partial charge >= 0.3 is 0 Å². The van der Waals surface area contributed by atoms with E-state index in [-0.39, 0.29) is 17.7 Å². The zero-order valence-electron chi connectivity index (χ0n) is 15.3. The van der Waals surface area contributed by atoms with Gasteiger partial charge in [-0.1, -0.05) is 12.6 Å². The highest BCUT2D eigenvalue weighted by Gasteiger charge is 2.20. The number of anilines is 1. The molecule has 140 valence electrons. The van der Waals surface area contributed by atoms with Gasteiger partial charge in [0.15, 0.2) is 0 Å². The predicted octanol–water partition coefficient (Wildman–Crippen LogP) is 2.42. The van der Waals surface area contributed by atoms with E-state index in [0.29, 0.717) is 30.2 Å². The second kappa shape index (κ2) is 7.90. The summed E-state index contributed by atoms with van der Waals surface area (Å²) in [6.07, 6.45) is 2.10. The predicted molar refractivity (Wildman–Crippen MR) is 101 cm³/mol. The van der Waals surface area contributed by atoms with Gasteiger partial charge in [0.25, 0.3) is 5.91 Å². The molecule has 1 N–H and O–H groups in total. The Morgan fingerprint density at radius 2 is 2.00 bits per heavy atom. The van der Waals surface area contributed by atoms with Crippen LogP contribution in [0.25, 0.3) is 0 Å². The van der Waals surface area contributed by atoms with Crippen LogP contribution >= 0.6 is 0 Å². The Morgan fingerprint density at radius 1 is 1.19 bits per heavy atom. The highest BCUT2D eigenvalue weighted by molar-refractivity contribution is 6.06. The van der Waals surface area contributed by atoms with Crippen LogP contribution in [0, 0.1) is 0 Å². The number of hydrogen-bond acceptors (Lipinski definition) is 5. The molecule has 2 aromatic rings. The van der Waals surface area contributed by atoms with E-state index < -0.39 is 0 Å². The van der Waals surface area contributed by atoms with E-state index >= 15 is 0 Å². The summed E-state index contributed by atoms with van der Waals surface area (Å²) in [5, 5.41) is 2.86. The van der Waals surface area contributed by atoms with Gasteiger partial charge in [-0.25, -0.2) is 0 Å². The highest BCUT2D eigenvalue weighted by atomic mass is 16.5. The van der Waals surface area contributed by atoms with Gasteiger partial charge in [-0.3, -0.25) is 9.59 Å². The Morgan fingerprint density at radius 3 is 2.70 bits per heavy atom. The fourth-order valence-corrected chi connectivity index (χ4v) is 3.02. The average Bonchev–Trinajstić information content (AvgIpc) is 2.71. The summed E-state index contributed by atoms with van der Waals surface area (Å²) in [5.74, 6) is 0.123. The van der Waals surface area contributed by atoms with E-state index in [4.69, 9.17) is 9.47 Å². The van der Waals surface area contributed by atoms with Gasteiger partial charge in [0.05, 0.1) is 14.2 Å². The Balaban J connectivity index is 1.80. The largest absolute Gasteiger partial charge is 0.481 e. The van der Waals surface area contributed by atoms with E-state index in [9.17, 15) is 9.59 Å². The number of rotatable bonds is 5. The summed E-state index contributed by atoms with van der Waals surface area (Å²) >= 11 is 0. The third kappa shape index (κ3) is 3.92. The fraction of sp³-hybridized carbons (Fsp3) is 0.250. The molecule has 7 heteroatoms. The lowest BCUT2D eigenvalue weighted by Crippen LogP contribution is -2.34. The number of nitrogens with one attached hydrogen (secondary N) is 1. The molecule has 3 rings (SSSR count). The quantitative estimate of drug-likeness (QED) is 0.821. The number of benzene rings is 1. The lowest BCUT2D eigenvalue weighted by Gasteiger charge is -2.28. The van der Waals surface area contributed by atoms with Crippen molar-refractivity contribution in [1.82, 2.24) is 9.88 Å². The lowest BCUT2D eigenvalue weighted by atomic mass is 9.99. The summed E-state index contributed by atoms with van der Waals surface area (Å²) in [4.78, 5) is 30.3. The molecule has 2 heterocycles. The zero-order valence-corrected chi connectivity index (χ0v) is 15.3. The van der Waals surface area contributed by atoms with Crippen molar-refractivity contribution in [2.24, 2.45) is 0 Å². The number of carbonyl (C=O) groups excluding carboxylic acids is 2. The Bertz CT molecular complexity index is 895. The summed E-state index contributed by atoms with van der Waals surface area (Å²) < 4.78 is 10.2. The van der Waals surface area contributed by atoms with Gasteiger partial charge in [0.1, 0.15) is 5.56 Å². The molecule has 1 aliphatic heterocycles. The van der Waals surface area contributed by atoms with Crippen LogP contribution in [0.2, 0.25) is 0 Å². The number of carbonyl (C=O) groups is 2. The first-order valence-corrected chi connectivity index (χ1v) is 8.49. The van der Waals surface area contributed by atoms with E-state index in [1.165, 1.54) is 25.9 Å². The van der Waals surface area contributed by atoms with Gasteiger partial charge in [-0.05, 0) is 41.8 Å². The number of aromatic nitrogens is 1. The van der Waals surface area contributed by atoms with Crippen molar-refractivity contribution in [2.75, 3.05) is 26.1 Å². The highest BCUT2D eigenvalue weighted by Crippen LogP contribution is 2.25. The summed E-state index contributed by atoms with van der Waals surface area (Å²) in [5.41, 5.74) is 3.13. The molecule has 27 heavy (non-hydrogen) atoms. The topological polar surface area (TPSA) is 80.8 Å². The Labute approximate surface area is 157 Å². The van der Waals surface area contributed by atoms with Crippen molar-refractivity contribution in [3.8, 4) is 11.8 Å². The third-order valence-corrected chi connectivity index (χ3v) is 4.44. The second-order valence-electron chi connectivity index (χ2n) is 6.06. The van der Waals surface area contributed by atoms with Crippen LogP contribution in [-0.4, -0.2) is 42.5 Å². The third-order valence-electron chi connectivity index (χ3n) is 4.44. The maximum absolute atomic E-state index is 12.6. The molecule has 7 nitrogen and oxygen atoms in total. The van der Waals surface area contributed by atoms with E-state index in [2.05, 4.69) is 16.9 Å². The normalized spacial score (nSPS) is 12.7. The monoisotopic (exact) mass is 367 g/mol. The van der Waals surface area contributed by atoms with Crippen LogP contribution in [0.4, 0.5) is 5.69 Å². The molecule has 0 saturated heterocycles. The minimum Gasteiger partial charge on any atom is -0.481 e. The van der Waals surface area contributed by atoms with Crippen molar-refractivity contribution in [2.45, 2.75) is 13.0 Å². The molecule has 0 fully saturated rings. The van der Waals surface area contributed by atoms with Crippen molar-refractivity contribution in [3.63, 3.8) is 0 Å². The van der Waals surface area contributed by atoms with Gasteiger partial charge in [0, 0.05) is 24.8 Å². The van der Waals surface area contributed by atoms with Crippen molar-refractivity contribution < 1.29 is 19.1 Å². The number of hydrogen-bond donors (Lipinski definition) is 1. The van der Waals surface area contributed by atoms with Crippen LogP contribution < -0.4 is 14.8 Å². The molecule has 0 saturated carbocycles. The smallest absolute Gasteiger partial charge is 0.261 e. The SMILES string of the molecule is C=CC(=O)N1CCc2ccc(NC(=O)c3ccc(OC)nc3OC)cc2C1. The Kier molecular flexibility index (Phi) is 5.40. The second-order valence-corrected chi connectivity index (χ2v) is 6.06. The minimum atomic E-state index is -0.336. The van der Waals surface area contributed by atoms with Crippen molar-refractivity contribution >= 4 is 17.5 Å². The van der Waals surface area contributed by atoms with E-state index in [0.717, 1.165) is 12.0 Å². The van der Waals surface area contributed by atoms with E-state index in [1.54, 1.807) is 17.0 Å². The molecular formula is C20H21N3O4. The standard InChI is InChI=1S/C20H21N3O4/c1-4-18(24)23-10-9-13-5-6-15(11-14(13)12-23)21-19(25)16-7-8-17(26-2)22-20(16)27-3/h4-8,11H,1,9-10,12H2,2-3H3,(H,21,25). The molecule has 1 aromatic carbocycles. The maximum Gasteiger partial charge on any atom is 0.261 e. The molecule has 1 aromatic heterocycles. The number of fused-ring (bicyclic) bond motifs is 1. The summed E-state index contributed by atoms with van der Waals surface area (Å²) in [6.45, 7) is 4.70. The molecule has 0 spiro atoms. The first-order valence-electron chi connectivity index (χ1n) is 8.49. The lowest BCUT2D eigenvalue weighted by molar-refractivity contribution is -0.126. The summed E-state index contributed by atoms with van der Waals surface area (Å²) in [6, 6.07) is 8.92. The van der Waals surface area contributed by atoms with Crippen LogP contribution in [0.1, 0.15) is 21.5 Å². The fourth-order valence-electron chi connectivity index (χ4n) is 3.02. The molecule has 1 aliphatic rings. The molecule has 0 aliphatic carbocycles. The number of pyridine rings is 1. The van der Waals surface area contributed by atoms with Gasteiger partial charge in [-0.2, -0.15) is 4.98 Å². The molecule has 2 amide bonds. The number of methoxy groups -OCH3 is 2. The number of ether oxygens (including phenoxy) is 2.